The second kappa shape index (κ2) is 7.13. The summed E-state index contributed by atoms with van der Waals surface area (Å²) in [4.78, 5) is 24.5. The fourth-order valence-corrected chi connectivity index (χ4v) is 8.67. The summed E-state index contributed by atoms with van der Waals surface area (Å²) in [5.41, 5.74) is 0.610. The molecule has 4 aliphatic carbocycles. The van der Waals surface area contributed by atoms with E-state index in [-0.39, 0.29) is 17.8 Å². The van der Waals surface area contributed by atoms with E-state index in [4.69, 9.17) is 5.11 Å². The number of carboxylic acids is 1. The number of carbonyl (C=O) groups is 2. The van der Waals surface area contributed by atoms with Crippen molar-refractivity contribution in [2.45, 2.75) is 91.9 Å². The molecule has 0 bridgehead atoms. The van der Waals surface area contributed by atoms with Gasteiger partial charge in [0.25, 0.3) is 0 Å². The SMILES string of the molecule is C[C@@H]1CC[C@]2(C)C3CC[C@@]4(C)C(CCC4[C@H](C)CCC(=O)O)C3C(=O)C[C@@H]2C1. The van der Waals surface area contributed by atoms with Gasteiger partial charge in [0.1, 0.15) is 5.78 Å². The maximum Gasteiger partial charge on any atom is 0.303 e. The largest absolute Gasteiger partial charge is 0.481 e. The number of hydrogen-bond donors (Lipinski definition) is 1. The van der Waals surface area contributed by atoms with Gasteiger partial charge in [-0.25, -0.2) is 0 Å². The molecule has 0 aromatic rings. The minimum absolute atomic E-state index is 0.236. The molecule has 1 N–H and O–H groups in total. The second-order valence-electron chi connectivity index (χ2n) is 11.6. The number of carboxylic acid groups (broad SMARTS) is 1. The van der Waals surface area contributed by atoms with Gasteiger partial charge in [-0.1, -0.05) is 34.1 Å². The molecule has 3 nitrogen and oxygen atoms in total. The number of ketones is 1. The highest BCUT2D eigenvalue weighted by atomic mass is 16.4. The van der Waals surface area contributed by atoms with Crippen molar-refractivity contribution in [3.63, 3.8) is 0 Å². The van der Waals surface area contributed by atoms with Crippen LogP contribution >= 0.6 is 0 Å². The molecular weight excluding hydrogens is 348 g/mol. The third-order valence-electron chi connectivity index (χ3n) is 10.3. The molecule has 3 heteroatoms. The number of hydrogen-bond acceptors (Lipinski definition) is 2. The summed E-state index contributed by atoms with van der Waals surface area (Å²) < 4.78 is 0. The van der Waals surface area contributed by atoms with E-state index in [1.54, 1.807) is 0 Å². The molecule has 28 heavy (non-hydrogen) atoms. The standard InChI is InChI=1S/C25H40O3/c1-15-9-11-24(3)17(13-15)14-21(26)23-19-7-6-18(16(2)5-8-22(27)28)25(19,4)12-10-20(23)24/h15-20,23H,5-14H2,1-4H3,(H,27,28)/t15-,16-,17+,18?,19?,20?,23?,24+,25-/m1/s1. The van der Waals surface area contributed by atoms with Crippen molar-refractivity contribution >= 4 is 11.8 Å². The minimum Gasteiger partial charge on any atom is -0.481 e. The first-order chi connectivity index (χ1) is 13.2. The molecule has 0 spiro atoms. The molecule has 4 saturated carbocycles. The molecule has 158 valence electrons. The molecule has 0 amide bonds. The van der Waals surface area contributed by atoms with Crippen molar-refractivity contribution in [2.24, 2.45) is 52.3 Å². The van der Waals surface area contributed by atoms with Gasteiger partial charge in [0, 0.05) is 18.8 Å². The summed E-state index contributed by atoms with van der Waals surface area (Å²) in [5, 5.41) is 9.10. The zero-order valence-electron chi connectivity index (χ0n) is 18.4. The fourth-order valence-electron chi connectivity index (χ4n) is 8.67. The van der Waals surface area contributed by atoms with E-state index in [9.17, 15) is 9.59 Å². The Labute approximate surface area is 171 Å². The van der Waals surface area contributed by atoms with Gasteiger partial charge in [0.05, 0.1) is 0 Å². The van der Waals surface area contributed by atoms with Crippen LogP contribution in [0.2, 0.25) is 0 Å². The van der Waals surface area contributed by atoms with Crippen LogP contribution in [0.3, 0.4) is 0 Å². The van der Waals surface area contributed by atoms with Gasteiger partial charge < -0.3 is 5.11 Å². The van der Waals surface area contributed by atoms with Gasteiger partial charge in [-0.2, -0.15) is 0 Å². The van der Waals surface area contributed by atoms with Gasteiger partial charge in [0.15, 0.2) is 0 Å². The molecule has 0 aromatic heterocycles. The Kier molecular flexibility index (Phi) is 5.20. The van der Waals surface area contributed by atoms with Gasteiger partial charge in [0.2, 0.25) is 0 Å². The minimum atomic E-state index is -0.678. The average Bonchev–Trinajstić information content (AvgIpc) is 2.98. The Balaban J connectivity index is 1.56. The first kappa shape index (κ1) is 20.4. The zero-order valence-corrected chi connectivity index (χ0v) is 18.4. The van der Waals surface area contributed by atoms with Gasteiger partial charge in [-0.05, 0) is 91.3 Å². The molecule has 4 fully saturated rings. The lowest BCUT2D eigenvalue weighted by Crippen LogP contribution is -2.57. The fraction of sp³-hybridized carbons (Fsp3) is 0.920. The molecule has 0 radical (unpaired) electrons. The first-order valence-corrected chi connectivity index (χ1v) is 11.9. The molecular formula is C25H40O3. The van der Waals surface area contributed by atoms with Crippen LogP contribution in [0.5, 0.6) is 0 Å². The lowest BCUT2D eigenvalue weighted by Gasteiger charge is -2.60. The summed E-state index contributed by atoms with van der Waals surface area (Å²) in [5.74, 6) is 3.74. The van der Waals surface area contributed by atoms with Crippen molar-refractivity contribution in [1.82, 2.24) is 0 Å². The van der Waals surface area contributed by atoms with Crippen LogP contribution in [0.4, 0.5) is 0 Å². The normalized spacial score (nSPS) is 49.1. The Morgan fingerprint density at radius 1 is 1.11 bits per heavy atom. The Morgan fingerprint density at radius 2 is 1.79 bits per heavy atom. The first-order valence-electron chi connectivity index (χ1n) is 11.9. The van der Waals surface area contributed by atoms with Crippen LogP contribution in [0.25, 0.3) is 0 Å². The van der Waals surface area contributed by atoms with E-state index in [1.165, 1.54) is 44.9 Å². The van der Waals surface area contributed by atoms with E-state index in [0.717, 1.165) is 18.8 Å². The number of aliphatic carboxylic acids is 1. The number of carbonyl (C=O) groups excluding carboxylic acids is 1. The molecule has 0 saturated heterocycles. The predicted molar refractivity (Wildman–Crippen MR) is 111 cm³/mol. The monoisotopic (exact) mass is 388 g/mol. The highest BCUT2D eigenvalue weighted by Crippen LogP contribution is 2.67. The maximum atomic E-state index is 13.4. The molecule has 9 atom stereocenters. The highest BCUT2D eigenvalue weighted by Gasteiger charge is 2.62. The van der Waals surface area contributed by atoms with Crippen molar-refractivity contribution in [3.05, 3.63) is 0 Å². The molecule has 0 heterocycles. The molecule has 0 aromatic carbocycles. The molecule has 4 rings (SSSR count). The van der Waals surface area contributed by atoms with Gasteiger partial charge in [-0.3, -0.25) is 9.59 Å². The van der Waals surface area contributed by atoms with E-state index in [1.807, 2.05) is 0 Å². The van der Waals surface area contributed by atoms with Crippen LogP contribution in [0.15, 0.2) is 0 Å². The Hall–Kier alpha value is -0.860. The van der Waals surface area contributed by atoms with Crippen LogP contribution in [0.1, 0.15) is 91.9 Å². The number of rotatable bonds is 4. The Morgan fingerprint density at radius 3 is 2.50 bits per heavy atom. The molecule has 4 unspecified atom stereocenters. The summed E-state index contributed by atoms with van der Waals surface area (Å²) >= 11 is 0. The average molecular weight is 389 g/mol. The quantitative estimate of drug-likeness (QED) is 0.646. The topological polar surface area (TPSA) is 54.4 Å². The third kappa shape index (κ3) is 3.06. The van der Waals surface area contributed by atoms with Crippen LogP contribution < -0.4 is 0 Å². The van der Waals surface area contributed by atoms with Gasteiger partial charge in [-0.15, -0.1) is 0 Å². The van der Waals surface area contributed by atoms with E-state index >= 15 is 0 Å². The maximum absolute atomic E-state index is 13.4. The zero-order chi connectivity index (χ0) is 20.3. The van der Waals surface area contributed by atoms with Crippen molar-refractivity contribution in [3.8, 4) is 0 Å². The number of fused-ring (bicyclic) bond motifs is 5. The Bertz CT molecular complexity index is 642. The predicted octanol–water partition coefficient (Wildman–Crippen LogP) is 5.96. The van der Waals surface area contributed by atoms with E-state index in [0.29, 0.717) is 40.8 Å². The summed E-state index contributed by atoms with van der Waals surface area (Å²) in [6.07, 6.45) is 10.6. The van der Waals surface area contributed by atoms with E-state index < -0.39 is 5.97 Å². The smallest absolute Gasteiger partial charge is 0.303 e. The van der Waals surface area contributed by atoms with Crippen molar-refractivity contribution in [1.29, 1.82) is 0 Å². The van der Waals surface area contributed by atoms with Gasteiger partial charge >= 0.3 is 5.97 Å². The van der Waals surface area contributed by atoms with Crippen molar-refractivity contribution in [2.75, 3.05) is 0 Å². The lowest BCUT2D eigenvalue weighted by molar-refractivity contribution is -0.158. The second-order valence-corrected chi connectivity index (χ2v) is 11.6. The summed E-state index contributed by atoms with van der Waals surface area (Å²) in [6.45, 7) is 9.61. The van der Waals surface area contributed by atoms with Crippen LogP contribution in [-0.2, 0) is 9.59 Å². The van der Waals surface area contributed by atoms with Crippen LogP contribution in [-0.4, -0.2) is 16.9 Å². The lowest BCUT2D eigenvalue weighted by atomic mass is 9.43. The summed E-state index contributed by atoms with van der Waals surface area (Å²) in [6, 6.07) is 0. The summed E-state index contributed by atoms with van der Waals surface area (Å²) in [7, 11) is 0. The van der Waals surface area contributed by atoms with Crippen LogP contribution in [0, 0.1) is 52.3 Å². The van der Waals surface area contributed by atoms with Crippen molar-refractivity contribution < 1.29 is 14.7 Å². The molecule has 4 aliphatic rings. The molecule has 0 aliphatic heterocycles. The van der Waals surface area contributed by atoms with E-state index in [2.05, 4.69) is 27.7 Å². The number of Topliss-reactive ketones (excluding diaryl/α,β-unsaturated/α-hetero) is 1. The third-order valence-corrected chi connectivity index (χ3v) is 10.3. The highest BCUT2D eigenvalue weighted by molar-refractivity contribution is 5.83.